The van der Waals surface area contributed by atoms with Crippen LogP contribution in [0.2, 0.25) is 0 Å². The molecule has 0 spiro atoms. The number of hydrogen-bond acceptors (Lipinski definition) is 2. The van der Waals surface area contributed by atoms with E-state index >= 15 is 0 Å². The van der Waals surface area contributed by atoms with Gasteiger partial charge in [-0.3, -0.25) is 4.31 Å². The van der Waals surface area contributed by atoms with Crippen LogP contribution in [0.3, 0.4) is 0 Å². The summed E-state index contributed by atoms with van der Waals surface area (Å²) in [6.07, 6.45) is -4.38. The zero-order chi connectivity index (χ0) is 22.2. The van der Waals surface area contributed by atoms with Crippen LogP contribution in [-0.2, 0) is 23.7 Å². The monoisotopic (exact) mass is 459 g/mol. The molecular weight excluding hydrogens is 439 g/mol. The molecule has 0 saturated carbocycles. The lowest BCUT2D eigenvalue weighted by Crippen LogP contribution is -2.25. The average molecular weight is 460 g/mol. The maximum atomic E-state index is 13.6. The maximum Gasteiger partial charge on any atom is 0.416 e. The second-order valence-electron chi connectivity index (χ2n) is 7.32. The highest BCUT2D eigenvalue weighted by atomic mass is 32.2. The minimum Gasteiger partial charge on any atom is -0.274 e. The molecule has 3 aromatic carbocycles. The predicted octanol–water partition coefficient (Wildman–Crippen LogP) is 7.27. The molecule has 160 valence electrons. The first kappa shape index (κ1) is 21.6. The van der Waals surface area contributed by atoms with Crippen LogP contribution in [0, 0.1) is 13.8 Å². The molecule has 4 rings (SSSR count). The largest absolute Gasteiger partial charge is 0.416 e. The summed E-state index contributed by atoms with van der Waals surface area (Å²) >= 11 is 1.54. The van der Waals surface area contributed by atoms with Crippen LogP contribution in [0.5, 0.6) is 0 Å². The quantitative estimate of drug-likeness (QED) is 0.307. The zero-order valence-corrected chi connectivity index (χ0v) is 18.6. The van der Waals surface area contributed by atoms with Gasteiger partial charge in [0.2, 0.25) is 0 Å². The van der Waals surface area contributed by atoms with Gasteiger partial charge in [0.1, 0.15) is 5.00 Å². The van der Waals surface area contributed by atoms with Crippen molar-refractivity contribution in [2.75, 3.05) is 4.31 Å². The molecule has 0 fully saturated rings. The molecule has 0 aliphatic carbocycles. The Hall–Kier alpha value is -2.64. The molecule has 0 bridgehead atoms. The molecule has 0 radical (unpaired) electrons. The van der Waals surface area contributed by atoms with Crippen molar-refractivity contribution in [3.63, 3.8) is 0 Å². The summed E-state index contributed by atoms with van der Waals surface area (Å²) in [6, 6.07) is 20.5. The molecule has 2 nitrogen and oxygen atoms in total. The number of anilines is 1. The predicted molar refractivity (Wildman–Crippen MR) is 122 cm³/mol. The van der Waals surface area contributed by atoms with Gasteiger partial charge in [-0.15, -0.1) is 11.3 Å². The van der Waals surface area contributed by atoms with Crippen LogP contribution < -0.4 is 4.31 Å². The summed E-state index contributed by atoms with van der Waals surface area (Å²) in [5, 5.41) is 1.93. The Morgan fingerprint density at radius 2 is 1.55 bits per heavy atom. The Morgan fingerprint density at radius 1 is 0.903 bits per heavy atom. The topological polar surface area (TPSA) is 20.3 Å². The molecule has 31 heavy (non-hydrogen) atoms. The summed E-state index contributed by atoms with van der Waals surface area (Å²) in [7, 11) is -1.52. The van der Waals surface area contributed by atoms with E-state index in [1.165, 1.54) is 23.5 Å². The number of aryl methyl sites for hydroxylation is 2. The van der Waals surface area contributed by atoms with Gasteiger partial charge >= 0.3 is 6.18 Å². The van der Waals surface area contributed by atoms with Crippen LogP contribution >= 0.6 is 11.3 Å². The van der Waals surface area contributed by atoms with E-state index in [2.05, 4.69) is 0 Å². The number of thiophene rings is 1. The van der Waals surface area contributed by atoms with E-state index in [9.17, 15) is 17.4 Å². The van der Waals surface area contributed by atoms with Gasteiger partial charge in [-0.2, -0.15) is 13.2 Å². The smallest absolute Gasteiger partial charge is 0.274 e. The number of rotatable bonds is 5. The minimum atomic E-state index is -4.38. The van der Waals surface area contributed by atoms with Gasteiger partial charge < -0.3 is 0 Å². The van der Waals surface area contributed by atoms with E-state index in [0.717, 1.165) is 38.3 Å². The number of alkyl halides is 3. The molecule has 1 aromatic heterocycles. The molecule has 1 atom stereocenters. The fourth-order valence-electron chi connectivity index (χ4n) is 3.35. The first-order valence-electron chi connectivity index (χ1n) is 9.64. The van der Waals surface area contributed by atoms with E-state index in [-0.39, 0.29) is 6.54 Å². The molecule has 7 heteroatoms. The van der Waals surface area contributed by atoms with Gasteiger partial charge in [-0.1, -0.05) is 48.0 Å². The lowest BCUT2D eigenvalue weighted by molar-refractivity contribution is -0.137. The second-order valence-corrected chi connectivity index (χ2v) is 9.76. The lowest BCUT2D eigenvalue weighted by Gasteiger charge is -2.23. The van der Waals surface area contributed by atoms with Gasteiger partial charge in [-0.05, 0) is 60.7 Å². The summed E-state index contributed by atoms with van der Waals surface area (Å²) in [5.41, 5.74) is 2.03. The Labute approximate surface area is 185 Å². The van der Waals surface area contributed by atoms with E-state index in [0.29, 0.717) is 10.5 Å². The Morgan fingerprint density at radius 3 is 2.16 bits per heavy atom. The first-order valence-corrected chi connectivity index (χ1v) is 11.6. The Kier molecular flexibility index (Phi) is 5.90. The van der Waals surface area contributed by atoms with Crippen molar-refractivity contribution in [3.8, 4) is 0 Å². The van der Waals surface area contributed by atoms with Gasteiger partial charge in [0.05, 0.1) is 17.0 Å². The van der Waals surface area contributed by atoms with E-state index < -0.39 is 22.7 Å². The summed E-state index contributed by atoms with van der Waals surface area (Å²) < 4.78 is 55.3. The van der Waals surface area contributed by atoms with Crippen molar-refractivity contribution in [1.29, 1.82) is 0 Å². The highest BCUT2D eigenvalue weighted by Crippen LogP contribution is 2.40. The third kappa shape index (κ3) is 4.52. The number of halogens is 3. The highest BCUT2D eigenvalue weighted by molar-refractivity contribution is 7.86. The van der Waals surface area contributed by atoms with Crippen molar-refractivity contribution in [2.24, 2.45) is 0 Å². The molecule has 1 heterocycles. The van der Waals surface area contributed by atoms with E-state index in [4.69, 9.17) is 0 Å². The van der Waals surface area contributed by atoms with Gasteiger partial charge in [0.15, 0.2) is 11.0 Å². The van der Waals surface area contributed by atoms with Crippen molar-refractivity contribution in [2.45, 2.75) is 31.5 Å². The van der Waals surface area contributed by atoms with Crippen molar-refractivity contribution < 1.29 is 17.4 Å². The van der Waals surface area contributed by atoms with Crippen LogP contribution in [0.25, 0.3) is 10.1 Å². The van der Waals surface area contributed by atoms with Crippen LogP contribution in [0.15, 0.2) is 77.7 Å². The number of nitrogens with zero attached hydrogens (tertiary/aromatic N) is 1. The van der Waals surface area contributed by atoms with E-state index in [1.54, 1.807) is 4.31 Å². The van der Waals surface area contributed by atoms with Crippen molar-refractivity contribution >= 4 is 37.4 Å². The minimum absolute atomic E-state index is 0.228. The standard InChI is InChI=1S/C24H20F3NOS2/c1-16-7-13-20(14-8-16)31(29)28(15-18-9-11-19(12-10-18)24(25,26)27)23-17(2)21-5-3-4-6-22(21)30-23/h3-14H,15H2,1-2H3. The number of hydrogen-bond donors (Lipinski definition) is 0. The summed E-state index contributed by atoms with van der Waals surface area (Å²) in [6.45, 7) is 4.18. The van der Waals surface area contributed by atoms with Gasteiger partial charge in [-0.25, -0.2) is 4.21 Å². The Bertz CT molecular complexity index is 1230. The molecular formula is C24H20F3NOS2. The third-order valence-corrected chi connectivity index (χ3v) is 7.87. The molecule has 0 saturated heterocycles. The highest BCUT2D eigenvalue weighted by Gasteiger charge is 2.30. The van der Waals surface area contributed by atoms with Crippen LogP contribution in [0.1, 0.15) is 22.3 Å². The molecule has 4 aromatic rings. The van der Waals surface area contributed by atoms with Crippen molar-refractivity contribution in [3.05, 3.63) is 95.1 Å². The third-order valence-electron chi connectivity index (χ3n) is 5.08. The first-order chi connectivity index (χ1) is 14.7. The lowest BCUT2D eigenvalue weighted by atomic mass is 10.1. The molecule has 0 amide bonds. The molecule has 0 aliphatic rings. The van der Waals surface area contributed by atoms with Crippen LogP contribution in [0.4, 0.5) is 18.2 Å². The molecule has 1 unspecified atom stereocenters. The Balaban J connectivity index is 1.76. The molecule has 0 aliphatic heterocycles. The van der Waals surface area contributed by atoms with Crippen LogP contribution in [-0.4, -0.2) is 4.21 Å². The second kappa shape index (κ2) is 8.48. The fourth-order valence-corrected chi connectivity index (χ4v) is 5.96. The SMILES string of the molecule is Cc1ccc(S(=O)N(Cc2ccc(C(F)(F)F)cc2)c2sc3ccccc3c2C)cc1. The normalized spacial score (nSPS) is 12.8. The zero-order valence-electron chi connectivity index (χ0n) is 16.9. The van der Waals surface area contributed by atoms with Gasteiger partial charge in [0.25, 0.3) is 0 Å². The molecule has 0 N–H and O–H groups in total. The number of benzene rings is 3. The van der Waals surface area contributed by atoms with Crippen molar-refractivity contribution in [1.82, 2.24) is 0 Å². The summed E-state index contributed by atoms with van der Waals surface area (Å²) in [4.78, 5) is 0.648. The number of fused-ring (bicyclic) bond motifs is 1. The average Bonchev–Trinajstić information content (AvgIpc) is 3.08. The maximum absolute atomic E-state index is 13.6. The van der Waals surface area contributed by atoms with E-state index in [1.807, 2.05) is 62.4 Å². The fraction of sp³-hybridized carbons (Fsp3) is 0.167. The summed E-state index contributed by atoms with van der Waals surface area (Å²) in [5.74, 6) is 0. The van der Waals surface area contributed by atoms with Gasteiger partial charge in [0, 0.05) is 4.70 Å².